The van der Waals surface area contributed by atoms with Crippen LogP contribution in [0.5, 0.6) is 0 Å². The fourth-order valence-electron chi connectivity index (χ4n) is 1.82. The zero-order valence-corrected chi connectivity index (χ0v) is 9.31. The molecule has 6 heteroatoms. The number of hydrogen-bond acceptors (Lipinski definition) is 2. The minimum Gasteiger partial charge on any atom is -0.343 e. The first kappa shape index (κ1) is 13.3. The van der Waals surface area contributed by atoms with E-state index in [1.165, 1.54) is 4.90 Å². The summed E-state index contributed by atoms with van der Waals surface area (Å²) in [4.78, 5) is 13.0. The van der Waals surface area contributed by atoms with E-state index in [9.17, 15) is 18.0 Å². The molecule has 0 aromatic rings. The number of hydrogen-bond donors (Lipinski definition) is 1. The third-order valence-electron chi connectivity index (χ3n) is 2.88. The lowest BCUT2D eigenvalue weighted by Crippen LogP contribution is -2.44. The molecule has 1 heterocycles. The van der Waals surface area contributed by atoms with E-state index in [1.807, 2.05) is 7.05 Å². The number of alkyl halides is 3. The van der Waals surface area contributed by atoms with E-state index in [-0.39, 0.29) is 5.91 Å². The van der Waals surface area contributed by atoms with E-state index in [1.54, 1.807) is 0 Å². The van der Waals surface area contributed by atoms with Gasteiger partial charge in [0.25, 0.3) is 0 Å². The topological polar surface area (TPSA) is 32.3 Å². The van der Waals surface area contributed by atoms with E-state index in [0.29, 0.717) is 19.1 Å². The van der Waals surface area contributed by atoms with Gasteiger partial charge in [0, 0.05) is 25.6 Å². The van der Waals surface area contributed by atoms with Gasteiger partial charge in [-0.25, -0.2) is 0 Å². The fourth-order valence-corrected chi connectivity index (χ4v) is 1.82. The number of rotatable bonds is 3. The Hall–Kier alpha value is -0.780. The minimum absolute atomic E-state index is 0.381. The average molecular weight is 238 g/mol. The highest BCUT2D eigenvalue weighted by Crippen LogP contribution is 2.22. The number of nitrogens with zero attached hydrogens (tertiary/aromatic N) is 1. The van der Waals surface area contributed by atoms with Crippen molar-refractivity contribution < 1.29 is 18.0 Å². The molecule has 1 amide bonds. The molecular weight excluding hydrogens is 221 g/mol. The second kappa shape index (κ2) is 5.52. The second-order valence-corrected chi connectivity index (χ2v) is 4.06. The van der Waals surface area contributed by atoms with Crippen molar-refractivity contribution in [2.24, 2.45) is 0 Å². The molecule has 1 N–H and O–H groups in total. The van der Waals surface area contributed by atoms with Crippen LogP contribution in [0.25, 0.3) is 0 Å². The normalized spacial score (nSPS) is 18.9. The van der Waals surface area contributed by atoms with Crippen LogP contribution in [0.3, 0.4) is 0 Å². The lowest BCUT2D eigenvalue weighted by Gasteiger charge is -2.32. The highest BCUT2D eigenvalue weighted by molar-refractivity contribution is 5.76. The van der Waals surface area contributed by atoms with Crippen molar-refractivity contribution in [3.05, 3.63) is 0 Å². The molecule has 3 nitrogen and oxygen atoms in total. The van der Waals surface area contributed by atoms with Crippen LogP contribution >= 0.6 is 0 Å². The summed E-state index contributed by atoms with van der Waals surface area (Å²) in [6.45, 7) is 1.12. The van der Waals surface area contributed by atoms with Crippen molar-refractivity contribution in [1.29, 1.82) is 0 Å². The van der Waals surface area contributed by atoms with Gasteiger partial charge in [0.15, 0.2) is 0 Å². The minimum atomic E-state index is -4.24. The molecule has 1 aliphatic heterocycles. The van der Waals surface area contributed by atoms with Crippen LogP contribution < -0.4 is 5.32 Å². The van der Waals surface area contributed by atoms with Crippen LogP contribution in [0.4, 0.5) is 13.2 Å². The van der Waals surface area contributed by atoms with Crippen molar-refractivity contribution in [3.63, 3.8) is 0 Å². The Balaban J connectivity index is 2.28. The Labute approximate surface area is 93.0 Å². The summed E-state index contributed by atoms with van der Waals surface area (Å²) in [6.07, 6.45) is -4.05. The Morgan fingerprint density at radius 1 is 1.38 bits per heavy atom. The highest BCUT2D eigenvalue weighted by Gasteiger charge is 2.30. The smallest absolute Gasteiger partial charge is 0.343 e. The van der Waals surface area contributed by atoms with Gasteiger partial charge >= 0.3 is 6.18 Å². The van der Waals surface area contributed by atoms with Gasteiger partial charge in [-0.05, 0) is 19.9 Å². The third-order valence-corrected chi connectivity index (χ3v) is 2.88. The van der Waals surface area contributed by atoms with E-state index in [4.69, 9.17) is 0 Å². The molecular formula is C10H17F3N2O. The van der Waals surface area contributed by atoms with Gasteiger partial charge in [0.05, 0.1) is 6.42 Å². The van der Waals surface area contributed by atoms with Crippen molar-refractivity contribution >= 4 is 5.91 Å². The molecule has 0 radical (unpaired) electrons. The van der Waals surface area contributed by atoms with E-state index in [2.05, 4.69) is 5.32 Å². The summed E-state index contributed by atoms with van der Waals surface area (Å²) in [7, 11) is 1.85. The summed E-state index contributed by atoms with van der Waals surface area (Å²) >= 11 is 0. The van der Waals surface area contributed by atoms with Gasteiger partial charge < -0.3 is 10.2 Å². The van der Waals surface area contributed by atoms with Crippen molar-refractivity contribution in [2.75, 3.05) is 20.1 Å². The number of piperidine rings is 1. The first-order valence-corrected chi connectivity index (χ1v) is 5.44. The number of likely N-dealkylation sites (tertiary alicyclic amines) is 1. The molecule has 0 atom stereocenters. The van der Waals surface area contributed by atoms with Crippen molar-refractivity contribution in [2.45, 2.75) is 37.9 Å². The molecule has 0 spiro atoms. The first-order chi connectivity index (χ1) is 7.42. The monoisotopic (exact) mass is 238 g/mol. The number of amides is 1. The van der Waals surface area contributed by atoms with Gasteiger partial charge in [-0.3, -0.25) is 4.79 Å². The van der Waals surface area contributed by atoms with Crippen LogP contribution in [0.1, 0.15) is 25.7 Å². The standard InChI is InChI=1S/C10H17F3N2O/c1-14-8-3-6-15(7-4-8)9(16)2-5-10(11,12)13/h8,14H,2-7H2,1H3. The quantitative estimate of drug-likeness (QED) is 0.809. The number of halogens is 3. The second-order valence-electron chi connectivity index (χ2n) is 4.06. The van der Waals surface area contributed by atoms with Gasteiger partial charge in [-0.1, -0.05) is 0 Å². The third kappa shape index (κ3) is 4.38. The fraction of sp³-hybridized carbons (Fsp3) is 0.900. The SMILES string of the molecule is CNC1CCN(C(=O)CCC(F)(F)F)CC1. The van der Waals surface area contributed by atoms with Crippen LogP contribution in [0, 0.1) is 0 Å². The molecule has 0 saturated carbocycles. The number of nitrogens with one attached hydrogen (secondary N) is 1. The van der Waals surface area contributed by atoms with E-state index >= 15 is 0 Å². The number of carbonyl (C=O) groups excluding carboxylic acids is 1. The highest BCUT2D eigenvalue weighted by atomic mass is 19.4. The Bertz CT molecular complexity index is 235. The summed E-state index contributed by atoms with van der Waals surface area (Å²) < 4.78 is 35.8. The van der Waals surface area contributed by atoms with Crippen LogP contribution in [0.15, 0.2) is 0 Å². The molecule has 1 rings (SSSR count). The summed E-state index contributed by atoms with van der Waals surface area (Å²) in [5, 5.41) is 3.10. The molecule has 1 aliphatic rings. The zero-order chi connectivity index (χ0) is 12.2. The number of carbonyl (C=O) groups is 1. The maximum Gasteiger partial charge on any atom is 0.389 e. The van der Waals surface area contributed by atoms with E-state index < -0.39 is 19.0 Å². The van der Waals surface area contributed by atoms with Gasteiger partial charge in [-0.2, -0.15) is 13.2 Å². The molecule has 1 fully saturated rings. The predicted octanol–water partition coefficient (Wildman–Crippen LogP) is 1.54. The van der Waals surface area contributed by atoms with Crippen LogP contribution in [0.2, 0.25) is 0 Å². The molecule has 94 valence electrons. The van der Waals surface area contributed by atoms with Crippen molar-refractivity contribution in [3.8, 4) is 0 Å². The molecule has 0 unspecified atom stereocenters. The zero-order valence-electron chi connectivity index (χ0n) is 9.31. The van der Waals surface area contributed by atoms with Gasteiger partial charge in [0.2, 0.25) is 5.91 Å². The van der Waals surface area contributed by atoms with Crippen LogP contribution in [-0.4, -0.2) is 43.2 Å². The van der Waals surface area contributed by atoms with Gasteiger partial charge in [-0.15, -0.1) is 0 Å². The average Bonchev–Trinajstić information content (AvgIpc) is 2.25. The molecule has 0 aromatic carbocycles. The Morgan fingerprint density at radius 2 is 1.94 bits per heavy atom. The first-order valence-electron chi connectivity index (χ1n) is 5.44. The summed E-state index contributed by atoms with van der Waals surface area (Å²) in [6, 6.07) is 0.381. The molecule has 0 bridgehead atoms. The summed E-state index contributed by atoms with van der Waals surface area (Å²) in [5.41, 5.74) is 0. The van der Waals surface area contributed by atoms with Crippen molar-refractivity contribution in [1.82, 2.24) is 10.2 Å². The van der Waals surface area contributed by atoms with Crippen LogP contribution in [-0.2, 0) is 4.79 Å². The lowest BCUT2D eigenvalue weighted by atomic mass is 10.0. The molecule has 0 aliphatic carbocycles. The molecule has 1 saturated heterocycles. The molecule has 16 heavy (non-hydrogen) atoms. The predicted molar refractivity (Wildman–Crippen MR) is 54.0 cm³/mol. The Morgan fingerprint density at radius 3 is 2.38 bits per heavy atom. The van der Waals surface area contributed by atoms with E-state index in [0.717, 1.165) is 12.8 Å². The van der Waals surface area contributed by atoms with Gasteiger partial charge in [0.1, 0.15) is 0 Å². The maximum atomic E-state index is 11.9. The molecule has 0 aromatic heterocycles. The Kier molecular flexibility index (Phi) is 4.58. The largest absolute Gasteiger partial charge is 0.389 e. The maximum absolute atomic E-state index is 11.9. The lowest BCUT2D eigenvalue weighted by molar-refractivity contribution is -0.149. The summed E-state index contributed by atoms with van der Waals surface area (Å²) in [5.74, 6) is -0.383.